The highest BCUT2D eigenvalue weighted by atomic mass is 16.5. The molecular weight excluding hydrogens is 336 g/mol. The third-order valence-corrected chi connectivity index (χ3v) is 8.83. The van der Waals surface area contributed by atoms with Crippen molar-refractivity contribution >= 4 is 11.8 Å². The summed E-state index contributed by atoms with van der Waals surface area (Å²) in [5, 5.41) is 0. The number of carbonyl (C=O) groups excluding carboxylic acids is 2. The van der Waals surface area contributed by atoms with E-state index >= 15 is 0 Å². The van der Waals surface area contributed by atoms with E-state index in [-0.39, 0.29) is 11.4 Å². The van der Waals surface area contributed by atoms with Crippen molar-refractivity contribution < 1.29 is 14.3 Å². The molecule has 2 saturated carbocycles. The predicted molar refractivity (Wildman–Crippen MR) is 106 cm³/mol. The van der Waals surface area contributed by atoms with Gasteiger partial charge in [0.05, 0.1) is 6.61 Å². The molecule has 0 aromatic heterocycles. The largest absolute Gasteiger partial charge is 0.466 e. The number of hydrogen-bond donors (Lipinski definition) is 0. The minimum atomic E-state index is -0.167. The Hall–Kier alpha value is -1.38. The van der Waals surface area contributed by atoms with E-state index in [0.29, 0.717) is 53.8 Å². The lowest BCUT2D eigenvalue weighted by Crippen LogP contribution is -2.49. The number of ketones is 1. The average Bonchev–Trinajstić information content (AvgIpc) is 2.97. The molecule has 0 radical (unpaired) electrons. The van der Waals surface area contributed by atoms with Crippen LogP contribution in [-0.4, -0.2) is 18.4 Å². The molecule has 4 rings (SSSR count). The van der Waals surface area contributed by atoms with Crippen LogP contribution in [0, 0.1) is 40.4 Å². The summed E-state index contributed by atoms with van der Waals surface area (Å²) in [4.78, 5) is 23.2. The van der Waals surface area contributed by atoms with Gasteiger partial charge in [-0.3, -0.25) is 9.59 Å². The van der Waals surface area contributed by atoms with E-state index in [2.05, 4.69) is 32.9 Å². The summed E-state index contributed by atoms with van der Waals surface area (Å²) >= 11 is 0. The Balaban J connectivity index is 1.59. The fraction of sp³-hybridized carbons (Fsp3) is 0.750. The van der Waals surface area contributed by atoms with E-state index in [9.17, 15) is 9.59 Å². The first-order chi connectivity index (χ1) is 12.8. The Morgan fingerprint density at radius 1 is 1.22 bits per heavy atom. The Bertz CT molecular complexity index is 704. The third kappa shape index (κ3) is 2.93. The zero-order valence-corrected chi connectivity index (χ0v) is 17.3. The number of hydrogen-bond acceptors (Lipinski definition) is 3. The van der Waals surface area contributed by atoms with Gasteiger partial charge in [0, 0.05) is 13.3 Å². The molecule has 0 saturated heterocycles. The van der Waals surface area contributed by atoms with Crippen LogP contribution < -0.4 is 0 Å². The van der Waals surface area contributed by atoms with Gasteiger partial charge in [-0.15, -0.1) is 0 Å². The second-order valence-electron chi connectivity index (χ2n) is 10.1. The molecule has 0 spiro atoms. The van der Waals surface area contributed by atoms with Crippen molar-refractivity contribution in [1.82, 2.24) is 0 Å². The Morgan fingerprint density at radius 2 is 2.00 bits per heavy atom. The van der Waals surface area contributed by atoms with E-state index in [1.807, 2.05) is 6.08 Å². The van der Waals surface area contributed by atoms with Crippen LogP contribution in [0.15, 0.2) is 23.8 Å². The van der Waals surface area contributed by atoms with Crippen molar-refractivity contribution in [1.29, 1.82) is 0 Å². The monoisotopic (exact) mass is 370 g/mol. The third-order valence-electron chi connectivity index (χ3n) is 8.83. The lowest BCUT2D eigenvalue weighted by atomic mass is 9.48. The lowest BCUT2D eigenvalue weighted by Gasteiger charge is -2.56. The second kappa shape index (κ2) is 6.60. The quantitative estimate of drug-likeness (QED) is 0.648. The summed E-state index contributed by atoms with van der Waals surface area (Å²) in [6.07, 6.45) is 13.4. The molecule has 4 aliphatic carbocycles. The lowest BCUT2D eigenvalue weighted by molar-refractivity contribution is -0.143. The highest BCUT2D eigenvalue weighted by Crippen LogP contribution is 2.66. The number of rotatable bonds is 3. The molecule has 4 aliphatic rings. The van der Waals surface area contributed by atoms with Gasteiger partial charge < -0.3 is 4.74 Å². The van der Waals surface area contributed by atoms with Crippen molar-refractivity contribution in [2.24, 2.45) is 40.4 Å². The Kier molecular flexibility index (Phi) is 4.63. The fourth-order valence-electron chi connectivity index (χ4n) is 7.34. The summed E-state index contributed by atoms with van der Waals surface area (Å²) in [5.41, 5.74) is 1.80. The maximum absolute atomic E-state index is 11.9. The van der Waals surface area contributed by atoms with Gasteiger partial charge in [0.2, 0.25) is 0 Å². The molecule has 0 N–H and O–H groups in total. The molecule has 3 nitrogen and oxygen atoms in total. The van der Waals surface area contributed by atoms with Crippen molar-refractivity contribution in [3.8, 4) is 0 Å². The molecule has 0 aliphatic heterocycles. The molecular formula is C24H34O3. The van der Waals surface area contributed by atoms with E-state index in [4.69, 9.17) is 4.74 Å². The van der Waals surface area contributed by atoms with Gasteiger partial charge in [0.1, 0.15) is 0 Å². The molecule has 3 unspecified atom stereocenters. The fourth-order valence-corrected chi connectivity index (χ4v) is 7.34. The van der Waals surface area contributed by atoms with Gasteiger partial charge in [-0.2, -0.15) is 0 Å². The zero-order chi connectivity index (χ0) is 19.4. The molecule has 27 heavy (non-hydrogen) atoms. The number of esters is 1. The minimum absolute atomic E-state index is 0.167. The highest BCUT2D eigenvalue weighted by Gasteiger charge is 2.58. The van der Waals surface area contributed by atoms with E-state index in [0.717, 1.165) is 6.42 Å². The van der Waals surface area contributed by atoms with Crippen LogP contribution in [0.5, 0.6) is 0 Å². The standard InChI is InChI=1S/C24H34O3/c1-15(14-27-16(2)25)20-7-8-21-19-6-5-17-13-18(26)9-11-23(17,3)22(19)10-12-24(20,21)4/h5-6,13,15,19-22H,7-12,14H2,1-4H3/t15-,19?,20-,21?,22?,23-,24-/m1/s1. The highest BCUT2D eigenvalue weighted by molar-refractivity contribution is 5.92. The molecule has 7 atom stereocenters. The van der Waals surface area contributed by atoms with Crippen LogP contribution in [0.25, 0.3) is 0 Å². The van der Waals surface area contributed by atoms with Crippen LogP contribution >= 0.6 is 0 Å². The molecule has 0 aromatic rings. The topological polar surface area (TPSA) is 43.4 Å². The number of ether oxygens (including phenoxy) is 1. The molecule has 0 bridgehead atoms. The first-order valence-corrected chi connectivity index (χ1v) is 10.8. The van der Waals surface area contributed by atoms with Gasteiger partial charge in [-0.05, 0) is 84.2 Å². The zero-order valence-electron chi connectivity index (χ0n) is 17.3. The minimum Gasteiger partial charge on any atom is -0.466 e. The van der Waals surface area contributed by atoms with Gasteiger partial charge in [-0.1, -0.05) is 32.9 Å². The van der Waals surface area contributed by atoms with Crippen molar-refractivity contribution in [3.63, 3.8) is 0 Å². The molecule has 148 valence electrons. The summed E-state index contributed by atoms with van der Waals surface area (Å²) in [7, 11) is 0. The molecule has 0 amide bonds. The SMILES string of the molecule is CC(=O)OC[C@@H](C)[C@H]1CCC2C3C=CC4=CC(=O)CC[C@@]4(C)C3CC[C@@]21C. The number of fused-ring (bicyclic) bond motifs is 5. The first-order valence-electron chi connectivity index (χ1n) is 10.8. The van der Waals surface area contributed by atoms with Crippen molar-refractivity contribution in [3.05, 3.63) is 23.8 Å². The van der Waals surface area contributed by atoms with Crippen LogP contribution in [0.1, 0.15) is 66.2 Å². The second-order valence-corrected chi connectivity index (χ2v) is 10.1. The maximum Gasteiger partial charge on any atom is 0.302 e. The van der Waals surface area contributed by atoms with Crippen molar-refractivity contribution in [2.45, 2.75) is 66.2 Å². The summed E-state index contributed by atoms with van der Waals surface area (Å²) in [6.45, 7) is 9.23. The van der Waals surface area contributed by atoms with Crippen LogP contribution in [0.3, 0.4) is 0 Å². The normalized spacial score (nSPS) is 44.0. The summed E-state index contributed by atoms with van der Waals surface area (Å²) < 4.78 is 5.35. The first kappa shape index (κ1) is 19.0. The molecule has 3 heteroatoms. The summed E-state index contributed by atoms with van der Waals surface area (Å²) in [6, 6.07) is 0. The van der Waals surface area contributed by atoms with E-state index < -0.39 is 0 Å². The Morgan fingerprint density at radius 3 is 2.74 bits per heavy atom. The smallest absolute Gasteiger partial charge is 0.302 e. The Labute approximate surface area is 163 Å². The van der Waals surface area contributed by atoms with E-state index in [1.165, 1.54) is 38.2 Å². The maximum atomic E-state index is 11.9. The molecule has 2 fully saturated rings. The molecule has 0 aromatic carbocycles. The van der Waals surface area contributed by atoms with Crippen molar-refractivity contribution in [2.75, 3.05) is 6.61 Å². The van der Waals surface area contributed by atoms with Gasteiger partial charge in [0.15, 0.2) is 5.78 Å². The van der Waals surface area contributed by atoms with Gasteiger partial charge >= 0.3 is 5.97 Å². The van der Waals surface area contributed by atoms with Crippen LogP contribution in [-0.2, 0) is 14.3 Å². The van der Waals surface area contributed by atoms with Gasteiger partial charge in [-0.25, -0.2) is 0 Å². The van der Waals surface area contributed by atoms with Crippen LogP contribution in [0.4, 0.5) is 0 Å². The predicted octanol–water partition coefficient (Wildman–Crippen LogP) is 5.11. The van der Waals surface area contributed by atoms with Crippen LogP contribution in [0.2, 0.25) is 0 Å². The number of allylic oxidation sites excluding steroid dienone is 4. The summed E-state index contributed by atoms with van der Waals surface area (Å²) in [5.74, 6) is 3.20. The van der Waals surface area contributed by atoms with Gasteiger partial charge in [0.25, 0.3) is 0 Å². The molecule has 0 heterocycles. The average molecular weight is 371 g/mol. The number of carbonyl (C=O) groups is 2. The van der Waals surface area contributed by atoms with E-state index in [1.54, 1.807) is 0 Å².